The van der Waals surface area contributed by atoms with Gasteiger partial charge in [0.25, 0.3) is 0 Å². The molecule has 0 amide bonds. The molecule has 0 aliphatic heterocycles. The molecule has 0 radical (unpaired) electrons. The van der Waals surface area contributed by atoms with E-state index >= 15 is 0 Å². The summed E-state index contributed by atoms with van der Waals surface area (Å²) in [6, 6.07) is 58.7. The topological polar surface area (TPSA) is 42.4 Å². The van der Waals surface area contributed by atoms with Crippen molar-refractivity contribution in [3.63, 3.8) is 0 Å². The standard InChI is InChI=1S/C43H28N2O2/c1-4-12-29(13-5-1)30-20-22-33(23-21-30)45(37-19-11-10-18-35(37)31-14-6-2-7-15-31)34-24-25-36-40(28-34)46-38-26-27-39-42(41(36)38)44-43(47-39)32-16-8-3-9-17-32/h1-28H. The highest BCUT2D eigenvalue weighted by Gasteiger charge is 2.21. The van der Waals surface area contributed by atoms with Crippen molar-refractivity contribution in [2.45, 2.75) is 0 Å². The zero-order valence-corrected chi connectivity index (χ0v) is 25.4. The molecule has 0 saturated heterocycles. The Bertz CT molecular complexity index is 2500. The molecule has 7 aromatic carbocycles. The Morgan fingerprint density at radius 2 is 1.02 bits per heavy atom. The van der Waals surface area contributed by atoms with Crippen LogP contribution < -0.4 is 4.90 Å². The third kappa shape index (κ3) is 4.75. The number of aromatic nitrogens is 1. The lowest BCUT2D eigenvalue weighted by Gasteiger charge is -2.28. The monoisotopic (exact) mass is 604 g/mol. The summed E-state index contributed by atoms with van der Waals surface area (Å²) in [5.41, 5.74) is 11.8. The van der Waals surface area contributed by atoms with Crippen molar-refractivity contribution in [1.29, 1.82) is 0 Å². The molecule has 0 N–H and O–H groups in total. The van der Waals surface area contributed by atoms with Gasteiger partial charge in [-0.2, -0.15) is 0 Å². The van der Waals surface area contributed by atoms with Gasteiger partial charge in [0.2, 0.25) is 5.89 Å². The van der Waals surface area contributed by atoms with Gasteiger partial charge in [0.15, 0.2) is 5.58 Å². The molecule has 9 rings (SSSR count). The molecule has 0 aliphatic rings. The molecular formula is C43H28N2O2. The second kappa shape index (κ2) is 11.2. The Balaban J connectivity index is 1.22. The molecule has 4 nitrogen and oxygen atoms in total. The summed E-state index contributed by atoms with van der Waals surface area (Å²) < 4.78 is 12.7. The number of anilines is 3. The first kappa shape index (κ1) is 27.0. The highest BCUT2D eigenvalue weighted by molar-refractivity contribution is 6.17. The van der Waals surface area contributed by atoms with E-state index in [0.29, 0.717) is 5.89 Å². The number of hydrogen-bond acceptors (Lipinski definition) is 4. The number of oxazole rings is 1. The SMILES string of the molecule is c1ccc(-c2ccc(N(c3ccc4c(c3)oc3ccc5oc(-c6ccccc6)nc5c34)c3ccccc3-c3ccccc3)cc2)cc1. The summed E-state index contributed by atoms with van der Waals surface area (Å²) in [7, 11) is 0. The maximum Gasteiger partial charge on any atom is 0.227 e. The molecule has 9 aromatic rings. The Labute approximate surface area is 271 Å². The summed E-state index contributed by atoms with van der Waals surface area (Å²) in [5, 5.41) is 1.96. The van der Waals surface area contributed by atoms with Gasteiger partial charge < -0.3 is 13.7 Å². The van der Waals surface area contributed by atoms with Crippen molar-refractivity contribution in [3.05, 3.63) is 170 Å². The predicted octanol–water partition coefficient (Wildman–Crippen LogP) is 12.2. The third-order valence-corrected chi connectivity index (χ3v) is 8.72. The van der Waals surface area contributed by atoms with Gasteiger partial charge in [-0.15, -0.1) is 0 Å². The van der Waals surface area contributed by atoms with Crippen LogP contribution in [0.3, 0.4) is 0 Å². The molecule has 0 unspecified atom stereocenters. The fourth-order valence-corrected chi connectivity index (χ4v) is 6.48. The molecule has 0 aliphatic carbocycles. The van der Waals surface area contributed by atoms with Crippen molar-refractivity contribution >= 4 is 50.1 Å². The average molecular weight is 605 g/mol. The van der Waals surface area contributed by atoms with Gasteiger partial charge in [0, 0.05) is 34.0 Å². The maximum atomic E-state index is 6.52. The minimum absolute atomic E-state index is 0.599. The number of rotatable bonds is 6. The zero-order valence-electron chi connectivity index (χ0n) is 25.4. The van der Waals surface area contributed by atoms with Crippen molar-refractivity contribution < 1.29 is 8.83 Å². The Morgan fingerprint density at radius 1 is 0.426 bits per heavy atom. The number of nitrogens with zero attached hydrogens (tertiary/aromatic N) is 2. The molecule has 2 heterocycles. The largest absolute Gasteiger partial charge is 0.456 e. The third-order valence-electron chi connectivity index (χ3n) is 8.72. The summed E-state index contributed by atoms with van der Waals surface area (Å²) in [6.45, 7) is 0. The summed E-state index contributed by atoms with van der Waals surface area (Å²) in [5.74, 6) is 0.599. The van der Waals surface area contributed by atoms with E-state index in [-0.39, 0.29) is 0 Å². The molecular weight excluding hydrogens is 576 g/mol. The van der Waals surface area contributed by atoms with Crippen LogP contribution in [0.4, 0.5) is 17.1 Å². The summed E-state index contributed by atoms with van der Waals surface area (Å²) >= 11 is 0. The second-order valence-corrected chi connectivity index (χ2v) is 11.6. The van der Waals surface area contributed by atoms with Crippen LogP contribution in [0.5, 0.6) is 0 Å². The van der Waals surface area contributed by atoms with Gasteiger partial charge in [-0.05, 0) is 71.3 Å². The van der Waals surface area contributed by atoms with Gasteiger partial charge in [0.1, 0.15) is 16.7 Å². The van der Waals surface area contributed by atoms with Crippen LogP contribution in [-0.2, 0) is 0 Å². The highest BCUT2D eigenvalue weighted by Crippen LogP contribution is 2.44. The minimum Gasteiger partial charge on any atom is -0.456 e. The molecule has 0 spiro atoms. The second-order valence-electron chi connectivity index (χ2n) is 11.6. The van der Waals surface area contributed by atoms with E-state index in [2.05, 4.69) is 126 Å². The molecule has 222 valence electrons. The first-order chi connectivity index (χ1) is 23.3. The van der Waals surface area contributed by atoms with Crippen LogP contribution >= 0.6 is 0 Å². The van der Waals surface area contributed by atoms with E-state index in [1.807, 2.05) is 48.5 Å². The molecule has 0 atom stereocenters. The van der Waals surface area contributed by atoms with Crippen LogP contribution in [0.25, 0.3) is 66.7 Å². The normalized spacial score (nSPS) is 11.4. The average Bonchev–Trinajstić information content (AvgIpc) is 3.75. The van der Waals surface area contributed by atoms with E-state index in [1.165, 1.54) is 11.1 Å². The van der Waals surface area contributed by atoms with Crippen LogP contribution in [0.15, 0.2) is 179 Å². The smallest absolute Gasteiger partial charge is 0.227 e. The van der Waals surface area contributed by atoms with Crippen molar-refractivity contribution in [2.75, 3.05) is 4.90 Å². The van der Waals surface area contributed by atoms with Crippen LogP contribution in [-0.4, -0.2) is 4.98 Å². The Morgan fingerprint density at radius 3 is 1.77 bits per heavy atom. The number of hydrogen-bond donors (Lipinski definition) is 0. The van der Waals surface area contributed by atoms with E-state index in [1.54, 1.807) is 0 Å². The highest BCUT2D eigenvalue weighted by atomic mass is 16.4. The summed E-state index contributed by atoms with van der Waals surface area (Å²) in [6.07, 6.45) is 0. The lowest BCUT2D eigenvalue weighted by molar-refractivity contribution is 0.619. The van der Waals surface area contributed by atoms with Crippen molar-refractivity contribution in [3.8, 4) is 33.7 Å². The van der Waals surface area contributed by atoms with Gasteiger partial charge in [0.05, 0.1) is 11.1 Å². The fraction of sp³-hybridized carbons (Fsp3) is 0. The van der Waals surface area contributed by atoms with E-state index in [0.717, 1.165) is 66.8 Å². The quantitative estimate of drug-likeness (QED) is 0.189. The van der Waals surface area contributed by atoms with E-state index in [4.69, 9.17) is 13.8 Å². The number of fused-ring (bicyclic) bond motifs is 5. The number of para-hydroxylation sites is 1. The van der Waals surface area contributed by atoms with Crippen LogP contribution in [0.2, 0.25) is 0 Å². The fourth-order valence-electron chi connectivity index (χ4n) is 6.48. The maximum absolute atomic E-state index is 6.52. The first-order valence-electron chi connectivity index (χ1n) is 15.7. The molecule has 0 fully saturated rings. The lowest BCUT2D eigenvalue weighted by atomic mass is 10.0. The Hall–Kier alpha value is -6.39. The number of furan rings is 1. The zero-order chi connectivity index (χ0) is 31.2. The van der Waals surface area contributed by atoms with E-state index < -0.39 is 0 Å². The minimum atomic E-state index is 0.599. The molecule has 47 heavy (non-hydrogen) atoms. The van der Waals surface area contributed by atoms with Gasteiger partial charge in [-0.25, -0.2) is 4.98 Å². The van der Waals surface area contributed by atoms with Gasteiger partial charge in [-0.3, -0.25) is 0 Å². The lowest BCUT2D eigenvalue weighted by Crippen LogP contribution is -2.11. The molecule has 0 saturated carbocycles. The molecule has 2 aromatic heterocycles. The van der Waals surface area contributed by atoms with Crippen molar-refractivity contribution in [1.82, 2.24) is 4.98 Å². The molecule has 0 bridgehead atoms. The van der Waals surface area contributed by atoms with Crippen LogP contribution in [0.1, 0.15) is 0 Å². The summed E-state index contributed by atoms with van der Waals surface area (Å²) in [4.78, 5) is 7.24. The first-order valence-corrected chi connectivity index (χ1v) is 15.7. The van der Waals surface area contributed by atoms with Crippen LogP contribution in [0, 0.1) is 0 Å². The molecule has 4 heteroatoms. The number of benzene rings is 7. The predicted molar refractivity (Wildman–Crippen MR) is 192 cm³/mol. The van der Waals surface area contributed by atoms with E-state index in [9.17, 15) is 0 Å². The Kier molecular flexibility index (Phi) is 6.43. The van der Waals surface area contributed by atoms with Crippen molar-refractivity contribution in [2.24, 2.45) is 0 Å². The van der Waals surface area contributed by atoms with Gasteiger partial charge >= 0.3 is 0 Å². The van der Waals surface area contributed by atoms with Gasteiger partial charge in [-0.1, -0.05) is 109 Å².